The standard InChI is InChI=1S/C17H18F3N3O4/c1-2-12-16(26)23-8-7-22(9-13(23)14(24)21-12)15(25)10-3-5-11(6-4-10)27-17(18,19)20/h3-6,12-13H,2,7-9H2,1H3,(H,21,24)/t12-,13+/m0/s1. The third kappa shape index (κ3) is 3.99. The molecule has 1 aromatic rings. The average Bonchev–Trinajstić information content (AvgIpc) is 2.63. The largest absolute Gasteiger partial charge is 0.573 e. The summed E-state index contributed by atoms with van der Waals surface area (Å²) in [6, 6.07) is 3.27. The first-order valence-corrected chi connectivity index (χ1v) is 8.45. The van der Waals surface area contributed by atoms with Crippen molar-refractivity contribution in [1.29, 1.82) is 0 Å². The summed E-state index contributed by atoms with van der Waals surface area (Å²) in [4.78, 5) is 40.1. The zero-order chi connectivity index (χ0) is 19.8. The van der Waals surface area contributed by atoms with Crippen LogP contribution >= 0.6 is 0 Å². The molecule has 2 fully saturated rings. The van der Waals surface area contributed by atoms with E-state index in [2.05, 4.69) is 10.1 Å². The van der Waals surface area contributed by atoms with Gasteiger partial charge in [0.25, 0.3) is 5.91 Å². The van der Waals surface area contributed by atoms with Crippen molar-refractivity contribution in [1.82, 2.24) is 15.1 Å². The Labute approximate surface area is 153 Å². The quantitative estimate of drug-likeness (QED) is 0.847. The van der Waals surface area contributed by atoms with Gasteiger partial charge >= 0.3 is 6.36 Å². The Morgan fingerprint density at radius 1 is 1.22 bits per heavy atom. The van der Waals surface area contributed by atoms with Gasteiger partial charge in [0.05, 0.1) is 6.54 Å². The monoisotopic (exact) mass is 385 g/mol. The molecule has 2 aliphatic rings. The molecule has 0 spiro atoms. The number of nitrogens with one attached hydrogen (secondary N) is 1. The molecule has 0 aromatic heterocycles. The lowest BCUT2D eigenvalue weighted by atomic mass is 10.0. The molecule has 0 saturated carbocycles. The minimum atomic E-state index is -4.81. The average molecular weight is 385 g/mol. The van der Waals surface area contributed by atoms with Crippen molar-refractivity contribution in [2.75, 3.05) is 19.6 Å². The molecule has 0 unspecified atom stereocenters. The Kier molecular flexibility index (Phi) is 4.99. The lowest BCUT2D eigenvalue weighted by Gasteiger charge is -2.45. The van der Waals surface area contributed by atoms with Crippen molar-refractivity contribution < 1.29 is 32.3 Å². The first-order chi connectivity index (χ1) is 12.7. The van der Waals surface area contributed by atoms with Crippen LogP contribution in [0.25, 0.3) is 0 Å². The normalized spacial score (nSPS) is 23.0. The molecule has 27 heavy (non-hydrogen) atoms. The van der Waals surface area contributed by atoms with E-state index in [1.165, 1.54) is 21.9 Å². The number of carbonyl (C=O) groups is 3. The van der Waals surface area contributed by atoms with E-state index in [1.54, 1.807) is 6.92 Å². The zero-order valence-electron chi connectivity index (χ0n) is 14.5. The van der Waals surface area contributed by atoms with E-state index in [0.717, 1.165) is 12.1 Å². The molecule has 10 heteroatoms. The number of amides is 3. The molecule has 1 aromatic carbocycles. The van der Waals surface area contributed by atoms with Crippen molar-refractivity contribution in [2.45, 2.75) is 31.8 Å². The van der Waals surface area contributed by atoms with Gasteiger partial charge < -0.3 is 19.9 Å². The van der Waals surface area contributed by atoms with Crippen LogP contribution in [-0.2, 0) is 9.59 Å². The Morgan fingerprint density at radius 2 is 1.89 bits per heavy atom. The second-order valence-corrected chi connectivity index (χ2v) is 6.34. The molecular formula is C17H18F3N3O4. The number of hydrogen-bond donors (Lipinski definition) is 1. The summed E-state index contributed by atoms with van der Waals surface area (Å²) >= 11 is 0. The van der Waals surface area contributed by atoms with E-state index in [0.29, 0.717) is 6.42 Å². The molecule has 2 saturated heterocycles. The molecule has 0 aliphatic carbocycles. The lowest BCUT2D eigenvalue weighted by Crippen LogP contribution is -2.69. The van der Waals surface area contributed by atoms with Crippen LogP contribution in [0.5, 0.6) is 5.75 Å². The van der Waals surface area contributed by atoms with Gasteiger partial charge in [-0.05, 0) is 30.7 Å². The highest BCUT2D eigenvalue weighted by atomic mass is 19.4. The van der Waals surface area contributed by atoms with Gasteiger partial charge in [-0.3, -0.25) is 14.4 Å². The zero-order valence-corrected chi connectivity index (χ0v) is 14.5. The van der Waals surface area contributed by atoms with E-state index in [4.69, 9.17) is 0 Å². The molecule has 3 rings (SSSR count). The van der Waals surface area contributed by atoms with Crippen LogP contribution < -0.4 is 10.1 Å². The topological polar surface area (TPSA) is 79.0 Å². The molecule has 0 radical (unpaired) electrons. The molecule has 7 nitrogen and oxygen atoms in total. The van der Waals surface area contributed by atoms with Crippen LogP contribution in [-0.4, -0.2) is 65.6 Å². The first-order valence-electron chi connectivity index (χ1n) is 8.45. The maximum Gasteiger partial charge on any atom is 0.573 e. The number of alkyl halides is 3. The van der Waals surface area contributed by atoms with Crippen LogP contribution in [0, 0.1) is 0 Å². The third-order valence-electron chi connectivity index (χ3n) is 4.61. The second kappa shape index (κ2) is 7.09. The lowest BCUT2D eigenvalue weighted by molar-refractivity contribution is -0.274. The highest BCUT2D eigenvalue weighted by Gasteiger charge is 2.43. The predicted molar refractivity (Wildman–Crippen MR) is 86.8 cm³/mol. The predicted octanol–water partition coefficient (Wildman–Crippen LogP) is 1.15. The van der Waals surface area contributed by atoms with Gasteiger partial charge in [-0.1, -0.05) is 6.92 Å². The summed E-state index contributed by atoms with van der Waals surface area (Å²) in [5.74, 6) is -1.33. The fraction of sp³-hybridized carbons (Fsp3) is 0.471. The number of nitrogens with zero attached hydrogens (tertiary/aromatic N) is 2. The molecular weight excluding hydrogens is 367 g/mol. The van der Waals surface area contributed by atoms with Crippen LogP contribution in [0.4, 0.5) is 13.2 Å². The van der Waals surface area contributed by atoms with E-state index in [9.17, 15) is 27.6 Å². The van der Waals surface area contributed by atoms with Gasteiger partial charge in [0.15, 0.2) is 0 Å². The van der Waals surface area contributed by atoms with E-state index in [1.807, 2.05) is 0 Å². The number of ether oxygens (including phenoxy) is 1. The van der Waals surface area contributed by atoms with Gasteiger partial charge in [0.1, 0.15) is 17.8 Å². The Morgan fingerprint density at radius 3 is 2.48 bits per heavy atom. The number of benzene rings is 1. The van der Waals surface area contributed by atoms with Crippen LogP contribution in [0.15, 0.2) is 24.3 Å². The minimum Gasteiger partial charge on any atom is -0.406 e. The Hall–Kier alpha value is -2.78. The fourth-order valence-corrected chi connectivity index (χ4v) is 3.24. The molecule has 146 valence electrons. The van der Waals surface area contributed by atoms with E-state index < -0.39 is 30.1 Å². The van der Waals surface area contributed by atoms with Gasteiger partial charge in [0.2, 0.25) is 11.8 Å². The number of piperazine rings is 2. The number of halogens is 3. The summed E-state index contributed by atoms with van der Waals surface area (Å²) in [6.07, 6.45) is -4.32. The maximum atomic E-state index is 12.6. The molecule has 1 N–H and O–H groups in total. The first kappa shape index (κ1) is 19.0. The van der Waals surface area contributed by atoms with E-state index in [-0.39, 0.29) is 37.0 Å². The SMILES string of the molecule is CC[C@@H]1NC(=O)[C@H]2CN(C(=O)c3ccc(OC(F)(F)F)cc3)CCN2C1=O. The van der Waals surface area contributed by atoms with Crippen LogP contribution in [0.3, 0.4) is 0 Å². The highest BCUT2D eigenvalue weighted by Crippen LogP contribution is 2.24. The second-order valence-electron chi connectivity index (χ2n) is 6.34. The molecule has 2 atom stereocenters. The maximum absolute atomic E-state index is 12.6. The van der Waals surface area contributed by atoms with Gasteiger partial charge in [-0.15, -0.1) is 13.2 Å². The van der Waals surface area contributed by atoms with Crippen molar-refractivity contribution in [3.63, 3.8) is 0 Å². The van der Waals surface area contributed by atoms with E-state index >= 15 is 0 Å². The van der Waals surface area contributed by atoms with Crippen molar-refractivity contribution >= 4 is 17.7 Å². The van der Waals surface area contributed by atoms with Gasteiger partial charge in [-0.2, -0.15) is 0 Å². The number of rotatable bonds is 3. The fourth-order valence-electron chi connectivity index (χ4n) is 3.24. The van der Waals surface area contributed by atoms with Crippen molar-refractivity contribution in [2.24, 2.45) is 0 Å². The number of fused-ring (bicyclic) bond motifs is 1. The Bertz CT molecular complexity index is 751. The van der Waals surface area contributed by atoms with Crippen LogP contribution in [0.2, 0.25) is 0 Å². The summed E-state index contributed by atoms with van der Waals surface area (Å²) < 4.78 is 40.4. The molecule has 2 heterocycles. The summed E-state index contributed by atoms with van der Waals surface area (Å²) in [6.45, 7) is 2.31. The minimum absolute atomic E-state index is 0.0354. The third-order valence-corrected chi connectivity index (χ3v) is 4.61. The molecule has 2 aliphatic heterocycles. The van der Waals surface area contributed by atoms with Crippen LogP contribution in [0.1, 0.15) is 23.7 Å². The van der Waals surface area contributed by atoms with Gasteiger partial charge in [-0.25, -0.2) is 0 Å². The Balaban J connectivity index is 1.69. The van der Waals surface area contributed by atoms with Crippen molar-refractivity contribution in [3.05, 3.63) is 29.8 Å². The summed E-state index contributed by atoms with van der Waals surface area (Å²) in [5.41, 5.74) is 0.173. The summed E-state index contributed by atoms with van der Waals surface area (Å²) in [7, 11) is 0. The number of carbonyl (C=O) groups excluding carboxylic acids is 3. The molecule has 0 bridgehead atoms. The van der Waals surface area contributed by atoms with Crippen molar-refractivity contribution in [3.8, 4) is 5.75 Å². The van der Waals surface area contributed by atoms with Gasteiger partial charge in [0, 0.05) is 18.7 Å². The highest BCUT2D eigenvalue weighted by molar-refractivity contribution is 5.99. The number of hydrogen-bond acceptors (Lipinski definition) is 4. The molecule has 3 amide bonds. The summed E-state index contributed by atoms with van der Waals surface area (Å²) in [5, 5.41) is 2.65. The smallest absolute Gasteiger partial charge is 0.406 e.